The van der Waals surface area contributed by atoms with Crippen LogP contribution in [0.15, 0.2) is 66.7 Å². The first-order valence-electron chi connectivity index (χ1n) is 9.20. The molecule has 2 nitrogen and oxygen atoms in total. The van der Waals surface area contributed by atoms with Crippen LogP contribution in [-0.2, 0) is 12.8 Å². The van der Waals surface area contributed by atoms with Crippen LogP contribution in [0.25, 0.3) is 11.1 Å². The molecule has 0 radical (unpaired) electrons. The maximum atomic E-state index is 13.7. The summed E-state index contributed by atoms with van der Waals surface area (Å²) in [6, 6.07) is 23.2. The van der Waals surface area contributed by atoms with Crippen molar-refractivity contribution >= 4 is 0 Å². The highest BCUT2D eigenvalue weighted by Crippen LogP contribution is 2.23. The van der Waals surface area contributed by atoms with Crippen LogP contribution in [0.1, 0.15) is 30.0 Å². The minimum atomic E-state index is -0.447. The topological polar surface area (TPSA) is 33.0 Å². The van der Waals surface area contributed by atoms with Crippen molar-refractivity contribution in [1.29, 1.82) is 5.26 Å². The molecule has 0 aliphatic carbocycles. The molecular weight excluding hydrogens is 337 g/mol. The van der Waals surface area contributed by atoms with Crippen LogP contribution >= 0.6 is 0 Å². The Labute approximate surface area is 159 Å². The number of halogens is 1. The van der Waals surface area contributed by atoms with Gasteiger partial charge >= 0.3 is 0 Å². The van der Waals surface area contributed by atoms with Crippen molar-refractivity contribution < 1.29 is 9.13 Å². The maximum Gasteiger partial charge on any atom is 0.141 e. The molecule has 0 unspecified atom stereocenters. The fraction of sp³-hybridized carbons (Fsp3) is 0.208. The molecule has 0 aromatic heterocycles. The molecule has 0 atom stereocenters. The van der Waals surface area contributed by atoms with Crippen molar-refractivity contribution in [2.24, 2.45) is 0 Å². The van der Waals surface area contributed by atoms with Crippen LogP contribution in [0.2, 0.25) is 0 Å². The zero-order valence-electron chi connectivity index (χ0n) is 15.4. The molecule has 136 valence electrons. The van der Waals surface area contributed by atoms with Crippen molar-refractivity contribution in [3.05, 3.63) is 89.2 Å². The Bertz CT molecular complexity index is 924. The van der Waals surface area contributed by atoms with Gasteiger partial charge in [-0.15, -0.1) is 0 Å². The number of nitriles is 1. The summed E-state index contributed by atoms with van der Waals surface area (Å²) in [6.07, 6.45) is 2.57. The Kier molecular flexibility index (Phi) is 6.22. The van der Waals surface area contributed by atoms with E-state index in [4.69, 9.17) is 10.00 Å². The van der Waals surface area contributed by atoms with Gasteiger partial charge < -0.3 is 4.74 Å². The first kappa shape index (κ1) is 18.7. The average molecular weight is 359 g/mol. The van der Waals surface area contributed by atoms with Gasteiger partial charge in [0.05, 0.1) is 12.2 Å². The number of rotatable bonds is 7. The smallest absolute Gasteiger partial charge is 0.141 e. The zero-order valence-corrected chi connectivity index (χ0v) is 15.4. The Morgan fingerprint density at radius 3 is 2.04 bits per heavy atom. The lowest BCUT2D eigenvalue weighted by atomic mass is 10.00. The number of hydrogen-bond acceptors (Lipinski definition) is 2. The molecule has 0 bridgehead atoms. The van der Waals surface area contributed by atoms with E-state index in [0.717, 1.165) is 48.3 Å². The van der Waals surface area contributed by atoms with Crippen LogP contribution in [0.5, 0.6) is 5.75 Å². The number of hydrogen-bond donors (Lipinski definition) is 0. The van der Waals surface area contributed by atoms with Crippen LogP contribution < -0.4 is 4.74 Å². The third-order valence-electron chi connectivity index (χ3n) is 4.47. The Balaban J connectivity index is 1.61. The molecular formula is C24H22FNO. The van der Waals surface area contributed by atoms with Crippen LogP contribution in [-0.4, -0.2) is 6.61 Å². The van der Waals surface area contributed by atoms with Crippen molar-refractivity contribution in [2.75, 3.05) is 6.61 Å². The summed E-state index contributed by atoms with van der Waals surface area (Å²) in [5.74, 6) is 0.448. The van der Waals surface area contributed by atoms with E-state index in [1.165, 1.54) is 11.6 Å². The molecule has 0 saturated heterocycles. The van der Waals surface area contributed by atoms with Crippen molar-refractivity contribution in [1.82, 2.24) is 0 Å². The Morgan fingerprint density at radius 2 is 1.44 bits per heavy atom. The number of ether oxygens (including phenoxy) is 1. The fourth-order valence-electron chi connectivity index (χ4n) is 2.92. The number of nitrogens with zero attached hydrogens (tertiary/aromatic N) is 1. The molecule has 0 aliphatic rings. The molecule has 0 amide bonds. The SMILES string of the molecule is CCCOc1ccc(-c2ccc(CCc3ccc(C#N)c(F)c3)cc2)cc1. The molecule has 0 heterocycles. The monoisotopic (exact) mass is 359 g/mol. The van der Waals surface area contributed by atoms with Gasteiger partial charge in [0.15, 0.2) is 0 Å². The summed E-state index contributed by atoms with van der Waals surface area (Å²) in [6.45, 7) is 2.82. The first-order valence-corrected chi connectivity index (χ1v) is 9.20. The van der Waals surface area contributed by atoms with Gasteiger partial charge in [0, 0.05) is 0 Å². The molecule has 0 spiro atoms. The quantitative estimate of drug-likeness (QED) is 0.523. The van der Waals surface area contributed by atoms with Gasteiger partial charge in [-0.1, -0.05) is 49.4 Å². The number of aryl methyl sites for hydroxylation is 2. The molecule has 0 fully saturated rings. The van der Waals surface area contributed by atoms with Crippen molar-refractivity contribution in [3.63, 3.8) is 0 Å². The third-order valence-corrected chi connectivity index (χ3v) is 4.47. The average Bonchev–Trinajstić information content (AvgIpc) is 2.71. The van der Waals surface area contributed by atoms with Crippen LogP contribution in [0.4, 0.5) is 4.39 Å². The summed E-state index contributed by atoms with van der Waals surface area (Å²) in [7, 11) is 0. The molecule has 27 heavy (non-hydrogen) atoms. The third kappa shape index (κ3) is 4.95. The second kappa shape index (κ2) is 9.00. The molecule has 0 N–H and O–H groups in total. The predicted molar refractivity (Wildman–Crippen MR) is 106 cm³/mol. The van der Waals surface area contributed by atoms with E-state index in [1.807, 2.05) is 24.3 Å². The molecule has 0 saturated carbocycles. The van der Waals surface area contributed by atoms with Gasteiger partial charge in [-0.2, -0.15) is 5.26 Å². The highest BCUT2D eigenvalue weighted by atomic mass is 19.1. The molecule has 3 heteroatoms. The van der Waals surface area contributed by atoms with Gasteiger partial charge in [-0.3, -0.25) is 0 Å². The predicted octanol–water partition coefficient (Wildman–Crippen LogP) is 5.94. The zero-order chi connectivity index (χ0) is 19.1. The van der Waals surface area contributed by atoms with E-state index in [9.17, 15) is 4.39 Å². The van der Waals surface area contributed by atoms with Gasteiger partial charge in [-0.05, 0) is 65.8 Å². The summed E-state index contributed by atoms with van der Waals surface area (Å²) >= 11 is 0. The maximum absolute atomic E-state index is 13.7. The lowest BCUT2D eigenvalue weighted by molar-refractivity contribution is 0.317. The standard InChI is InChI=1S/C24H22FNO/c1-2-15-27-23-13-11-21(12-14-23)20-8-5-18(6-9-20)3-4-19-7-10-22(17-26)24(25)16-19/h5-14,16H,2-4,15H2,1H3. The minimum Gasteiger partial charge on any atom is -0.494 e. The lowest BCUT2D eigenvalue weighted by Gasteiger charge is -2.08. The van der Waals surface area contributed by atoms with Crippen molar-refractivity contribution in [2.45, 2.75) is 26.2 Å². The molecule has 0 aliphatic heterocycles. The van der Waals surface area contributed by atoms with Crippen LogP contribution in [0.3, 0.4) is 0 Å². The van der Waals surface area contributed by atoms with Crippen molar-refractivity contribution in [3.8, 4) is 22.9 Å². The Hall–Kier alpha value is -3.12. The van der Waals surface area contributed by atoms with Gasteiger partial charge in [-0.25, -0.2) is 4.39 Å². The van der Waals surface area contributed by atoms with E-state index in [1.54, 1.807) is 6.07 Å². The Morgan fingerprint density at radius 1 is 0.852 bits per heavy atom. The van der Waals surface area contributed by atoms with E-state index in [2.05, 4.69) is 43.3 Å². The van der Waals surface area contributed by atoms with E-state index in [-0.39, 0.29) is 5.56 Å². The van der Waals surface area contributed by atoms with Gasteiger partial charge in [0.25, 0.3) is 0 Å². The van der Waals surface area contributed by atoms with E-state index < -0.39 is 5.82 Å². The lowest BCUT2D eigenvalue weighted by Crippen LogP contribution is -1.94. The van der Waals surface area contributed by atoms with Gasteiger partial charge in [0.2, 0.25) is 0 Å². The van der Waals surface area contributed by atoms with Crippen LogP contribution in [0, 0.1) is 17.1 Å². The summed E-state index contributed by atoms with van der Waals surface area (Å²) in [5, 5.41) is 8.79. The summed E-state index contributed by atoms with van der Waals surface area (Å²) in [4.78, 5) is 0. The molecule has 3 rings (SSSR count). The highest BCUT2D eigenvalue weighted by molar-refractivity contribution is 5.64. The van der Waals surface area contributed by atoms with E-state index in [0.29, 0.717) is 0 Å². The second-order valence-electron chi connectivity index (χ2n) is 6.50. The second-order valence-corrected chi connectivity index (χ2v) is 6.50. The largest absolute Gasteiger partial charge is 0.494 e. The molecule has 3 aromatic carbocycles. The van der Waals surface area contributed by atoms with Gasteiger partial charge in [0.1, 0.15) is 17.6 Å². The summed E-state index contributed by atoms with van der Waals surface area (Å²) in [5.41, 5.74) is 4.50. The minimum absolute atomic E-state index is 0.0919. The molecule has 3 aromatic rings. The summed E-state index contributed by atoms with van der Waals surface area (Å²) < 4.78 is 19.3. The van der Waals surface area contributed by atoms with E-state index >= 15 is 0 Å². The number of benzene rings is 3. The fourth-order valence-corrected chi connectivity index (χ4v) is 2.92. The first-order chi connectivity index (χ1) is 13.2. The highest BCUT2D eigenvalue weighted by Gasteiger charge is 2.04. The normalized spacial score (nSPS) is 10.4.